The Labute approximate surface area is 145 Å². The lowest BCUT2D eigenvalue weighted by Crippen LogP contribution is -2.14. The van der Waals surface area contributed by atoms with Crippen molar-refractivity contribution in [2.24, 2.45) is 0 Å². The van der Waals surface area contributed by atoms with E-state index >= 15 is 0 Å². The Kier molecular flexibility index (Phi) is 4.70. The van der Waals surface area contributed by atoms with Crippen LogP contribution >= 0.6 is 0 Å². The second kappa shape index (κ2) is 7.09. The summed E-state index contributed by atoms with van der Waals surface area (Å²) in [6.45, 7) is 4.23. The number of amides is 1. The molecule has 25 heavy (non-hydrogen) atoms. The molecule has 0 spiro atoms. The summed E-state index contributed by atoms with van der Waals surface area (Å²) in [5.41, 5.74) is 3.03. The number of aromatic hydroxyl groups is 1. The third kappa shape index (κ3) is 4.38. The van der Waals surface area contributed by atoms with Crippen molar-refractivity contribution in [3.63, 3.8) is 0 Å². The van der Waals surface area contributed by atoms with E-state index in [1.165, 1.54) is 12.1 Å². The fourth-order valence-corrected chi connectivity index (χ4v) is 2.49. The van der Waals surface area contributed by atoms with Crippen LogP contribution in [0.15, 0.2) is 54.7 Å². The van der Waals surface area contributed by atoms with Crippen LogP contribution in [0.5, 0.6) is 11.5 Å². The Morgan fingerprint density at radius 1 is 1.16 bits per heavy atom. The Morgan fingerprint density at radius 3 is 2.64 bits per heavy atom. The van der Waals surface area contributed by atoms with Crippen LogP contribution < -0.4 is 10.1 Å². The van der Waals surface area contributed by atoms with Crippen LogP contribution in [0.4, 0.5) is 5.69 Å². The average Bonchev–Trinajstić information content (AvgIpc) is 3.01. The molecule has 0 saturated heterocycles. The zero-order valence-electron chi connectivity index (χ0n) is 14.1. The lowest BCUT2D eigenvalue weighted by Gasteiger charge is -2.08. The molecule has 0 fully saturated rings. The highest BCUT2D eigenvalue weighted by Gasteiger charge is 2.10. The maximum absolute atomic E-state index is 12.2. The number of rotatable bonds is 5. The summed E-state index contributed by atoms with van der Waals surface area (Å²) in [4.78, 5) is 12.2. The molecule has 6 nitrogen and oxygen atoms in total. The number of anilines is 1. The standard InChI is InChI=1S/C19H19N3O3/c1-13-8-14(2)10-17(9-13)25-12-22-7-6-18(21-22)19(24)20-15-4-3-5-16(23)11-15/h3-11,23H,12H2,1-2H3,(H,20,24). The number of carbonyl (C=O) groups is 1. The molecule has 0 aliphatic heterocycles. The number of carbonyl (C=O) groups excluding carboxylic acids is 1. The van der Waals surface area contributed by atoms with Gasteiger partial charge in [-0.2, -0.15) is 5.10 Å². The summed E-state index contributed by atoms with van der Waals surface area (Å²) in [6, 6.07) is 13.9. The van der Waals surface area contributed by atoms with E-state index in [2.05, 4.69) is 16.5 Å². The monoisotopic (exact) mass is 337 g/mol. The third-order valence-corrected chi connectivity index (χ3v) is 3.54. The van der Waals surface area contributed by atoms with Crippen molar-refractivity contribution < 1.29 is 14.6 Å². The van der Waals surface area contributed by atoms with Crippen molar-refractivity contribution in [1.82, 2.24) is 9.78 Å². The lowest BCUT2D eigenvalue weighted by atomic mass is 10.1. The molecular formula is C19H19N3O3. The van der Waals surface area contributed by atoms with Crippen LogP contribution in [0.25, 0.3) is 0 Å². The highest BCUT2D eigenvalue weighted by molar-refractivity contribution is 6.02. The quantitative estimate of drug-likeness (QED) is 0.747. The first-order valence-electron chi connectivity index (χ1n) is 7.84. The van der Waals surface area contributed by atoms with Crippen molar-refractivity contribution >= 4 is 11.6 Å². The van der Waals surface area contributed by atoms with Gasteiger partial charge in [0.25, 0.3) is 5.91 Å². The van der Waals surface area contributed by atoms with E-state index in [9.17, 15) is 9.90 Å². The van der Waals surface area contributed by atoms with E-state index in [-0.39, 0.29) is 24.1 Å². The molecule has 0 unspecified atom stereocenters. The first-order chi connectivity index (χ1) is 12.0. The number of ether oxygens (including phenoxy) is 1. The first kappa shape index (κ1) is 16.6. The fourth-order valence-electron chi connectivity index (χ4n) is 2.49. The van der Waals surface area contributed by atoms with Gasteiger partial charge in [-0.1, -0.05) is 12.1 Å². The van der Waals surface area contributed by atoms with Gasteiger partial charge in [-0.25, -0.2) is 4.68 Å². The van der Waals surface area contributed by atoms with Gasteiger partial charge < -0.3 is 15.2 Å². The summed E-state index contributed by atoms with van der Waals surface area (Å²) in [6.07, 6.45) is 1.68. The molecule has 2 aromatic carbocycles. The Balaban J connectivity index is 1.62. The first-order valence-corrected chi connectivity index (χ1v) is 7.84. The molecular weight excluding hydrogens is 318 g/mol. The number of aryl methyl sites for hydroxylation is 2. The molecule has 128 valence electrons. The number of phenols is 1. The SMILES string of the molecule is Cc1cc(C)cc(OCn2ccc(C(=O)Nc3cccc(O)c3)n2)c1. The zero-order valence-corrected chi connectivity index (χ0v) is 14.1. The summed E-state index contributed by atoms with van der Waals surface area (Å²) < 4.78 is 7.27. The molecule has 0 atom stereocenters. The molecule has 0 saturated carbocycles. The minimum Gasteiger partial charge on any atom is -0.508 e. The Morgan fingerprint density at radius 2 is 1.92 bits per heavy atom. The van der Waals surface area contributed by atoms with E-state index < -0.39 is 0 Å². The smallest absolute Gasteiger partial charge is 0.276 e. The topological polar surface area (TPSA) is 76.4 Å². The summed E-state index contributed by atoms with van der Waals surface area (Å²) in [7, 11) is 0. The van der Waals surface area contributed by atoms with Gasteiger partial charge in [-0.3, -0.25) is 4.79 Å². The number of nitrogens with one attached hydrogen (secondary N) is 1. The summed E-state index contributed by atoms with van der Waals surface area (Å²) in [5.74, 6) is 0.500. The predicted molar refractivity (Wildman–Crippen MR) is 94.8 cm³/mol. The molecule has 2 N–H and O–H groups in total. The summed E-state index contributed by atoms with van der Waals surface area (Å²) >= 11 is 0. The van der Waals surface area contributed by atoms with E-state index in [4.69, 9.17) is 4.74 Å². The average molecular weight is 337 g/mol. The van der Waals surface area contributed by atoms with Crippen LogP contribution in [0.3, 0.4) is 0 Å². The molecule has 1 amide bonds. The largest absolute Gasteiger partial charge is 0.508 e. The molecule has 3 aromatic rings. The number of phenolic OH excluding ortho intramolecular Hbond substituents is 1. The third-order valence-electron chi connectivity index (χ3n) is 3.54. The van der Waals surface area contributed by atoms with Crippen molar-refractivity contribution in [2.75, 3.05) is 5.32 Å². The Hall–Kier alpha value is -3.28. The molecule has 1 heterocycles. The number of hydrogen-bond donors (Lipinski definition) is 2. The number of nitrogens with zero attached hydrogens (tertiary/aromatic N) is 2. The lowest BCUT2D eigenvalue weighted by molar-refractivity contribution is 0.102. The maximum Gasteiger partial charge on any atom is 0.276 e. The van der Waals surface area contributed by atoms with Gasteiger partial charge in [0.05, 0.1) is 0 Å². The molecule has 0 aliphatic carbocycles. The van der Waals surface area contributed by atoms with Crippen LogP contribution in [0.2, 0.25) is 0 Å². The van der Waals surface area contributed by atoms with Gasteiger partial charge in [0.1, 0.15) is 11.5 Å². The van der Waals surface area contributed by atoms with Crippen molar-refractivity contribution in [2.45, 2.75) is 20.6 Å². The number of benzene rings is 2. The highest BCUT2D eigenvalue weighted by Crippen LogP contribution is 2.17. The highest BCUT2D eigenvalue weighted by atomic mass is 16.5. The van der Waals surface area contributed by atoms with Crippen LogP contribution in [-0.4, -0.2) is 20.8 Å². The summed E-state index contributed by atoms with van der Waals surface area (Å²) in [5, 5.41) is 16.3. The fraction of sp³-hybridized carbons (Fsp3) is 0.158. The number of hydrogen-bond acceptors (Lipinski definition) is 4. The minimum absolute atomic E-state index is 0.0881. The van der Waals surface area contributed by atoms with Crippen LogP contribution in [0.1, 0.15) is 21.6 Å². The number of aromatic nitrogens is 2. The second-order valence-electron chi connectivity index (χ2n) is 5.84. The van der Waals surface area contributed by atoms with E-state index in [0.29, 0.717) is 5.69 Å². The van der Waals surface area contributed by atoms with Gasteiger partial charge in [-0.05, 0) is 55.3 Å². The minimum atomic E-state index is -0.351. The van der Waals surface area contributed by atoms with Crippen LogP contribution in [-0.2, 0) is 6.73 Å². The van der Waals surface area contributed by atoms with Crippen molar-refractivity contribution in [3.05, 3.63) is 71.5 Å². The van der Waals surface area contributed by atoms with Gasteiger partial charge in [0.2, 0.25) is 0 Å². The van der Waals surface area contributed by atoms with E-state index in [0.717, 1.165) is 16.9 Å². The van der Waals surface area contributed by atoms with Crippen molar-refractivity contribution in [3.8, 4) is 11.5 Å². The zero-order chi connectivity index (χ0) is 17.8. The normalized spacial score (nSPS) is 10.5. The van der Waals surface area contributed by atoms with Gasteiger partial charge in [0.15, 0.2) is 12.4 Å². The van der Waals surface area contributed by atoms with Gasteiger partial charge in [-0.15, -0.1) is 0 Å². The molecule has 6 heteroatoms. The molecule has 0 aliphatic rings. The molecule has 0 bridgehead atoms. The molecule has 3 rings (SSSR count). The van der Waals surface area contributed by atoms with Gasteiger partial charge >= 0.3 is 0 Å². The van der Waals surface area contributed by atoms with Gasteiger partial charge in [0, 0.05) is 18.0 Å². The van der Waals surface area contributed by atoms with E-state index in [1.54, 1.807) is 29.1 Å². The Bertz CT molecular complexity index is 882. The molecule has 0 radical (unpaired) electrons. The van der Waals surface area contributed by atoms with E-state index in [1.807, 2.05) is 26.0 Å². The molecule has 1 aromatic heterocycles. The maximum atomic E-state index is 12.2. The van der Waals surface area contributed by atoms with Crippen molar-refractivity contribution in [1.29, 1.82) is 0 Å². The predicted octanol–water partition coefficient (Wildman–Crippen LogP) is 3.49. The van der Waals surface area contributed by atoms with Crippen LogP contribution in [0, 0.1) is 13.8 Å². The second-order valence-corrected chi connectivity index (χ2v) is 5.84.